The summed E-state index contributed by atoms with van der Waals surface area (Å²) in [5.41, 5.74) is 1.15. The Morgan fingerprint density at radius 3 is 2.56 bits per heavy atom. The molecule has 0 unspecified atom stereocenters. The maximum atomic E-state index is 14.7. The van der Waals surface area contributed by atoms with E-state index in [1.807, 2.05) is 11.0 Å². The molecule has 3 aromatic rings. The standard InChI is InChI=1S/C19H19FN2O3/c20-15-11-14-18(25-17-4-2-1-3-13(17)19(14)24)12-16(15)22-7-5-21(6-8-22)9-10-23/h1-4,11-12,23H,5-10H2. The molecular formula is C19H19FN2O3. The van der Waals surface area contributed by atoms with Crippen molar-refractivity contribution >= 4 is 27.6 Å². The number of rotatable bonds is 3. The normalized spacial score (nSPS) is 16.0. The van der Waals surface area contributed by atoms with Gasteiger partial charge >= 0.3 is 0 Å². The van der Waals surface area contributed by atoms with Crippen LogP contribution < -0.4 is 10.3 Å². The number of aliphatic hydroxyl groups excluding tert-OH is 1. The number of para-hydroxylation sites is 1. The summed E-state index contributed by atoms with van der Waals surface area (Å²) in [5, 5.41) is 9.74. The molecule has 0 atom stereocenters. The zero-order valence-corrected chi connectivity index (χ0v) is 13.7. The van der Waals surface area contributed by atoms with Crippen LogP contribution in [-0.2, 0) is 0 Å². The minimum absolute atomic E-state index is 0.128. The van der Waals surface area contributed by atoms with Gasteiger partial charge in [0.2, 0.25) is 5.43 Å². The third kappa shape index (κ3) is 2.88. The van der Waals surface area contributed by atoms with Gasteiger partial charge in [0.25, 0.3) is 0 Å². The van der Waals surface area contributed by atoms with Gasteiger partial charge in [0.05, 0.1) is 23.1 Å². The fourth-order valence-corrected chi connectivity index (χ4v) is 3.41. The molecule has 6 heteroatoms. The largest absolute Gasteiger partial charge is 0.456 e. The van der Waals surface area contributed by atoms with Crippen molar-refractivity contribution in [3.8, 4) is 0 Å². The highest BCUT2D eigenvalue weighted by molar-refractivity contribution is 5.91. The van der Waals surface area contributed by atoms with Crippen LogP contribution in [0.25, 0.3) is 21.9 Å². The van der Waals surface area contributed by atoms with Gasteiger partial charge in [-0.05, 0) is 18.2 Å². The Morgan fingerprint density at radius 1 is 1.04 bits per heavy atom. The number of aliphatic hydroxyl groups is 1. The minimum Gasteiger partial charge on any atom is -0.456 e. The fraction of sp³-hybridized carbons (Fsp3) is 0.316. The lowest BCUT2D eigenvalue weighted by atomic mass is 10.1. The number of hydrogen-bond acceptors (Lipinski definition) is 5. The predicted octanol–water partition coefficient (Wildman–Crippen LogP) is 2.20. The molecule has 0 saturated carbocycles. The molecule has 1 saturated heterocycles. The van der Waals surface area contributed by atoms with Gasteiger partial charge in [-0.25, -0.2) is 4.39 Å². The highest BCUT2D eigenvalue weighted by Gasteiger charge is 2.21. The minimum atomic E-state index is -0.411. The van der Waals surface area contributed by atoms with Crippen molar-refractivity contribution in [1.82, 2.24) is 4.90 Å². The first-order valence-corrected chi connectivity index (χ1v) is 8.40. The Balaban J connectivity index is 1.75. The Bertz CT molecular complexity index is 977. The van der Waals surface area contributed by atoms with Gasteiger partial charge in [0.1, 0.15) is 17.0 Å². The van der Waals surface area contributed by atoms with E-state index in [0.29, 0.717) is 41.9 Å². The summed E-state index contributed by atoms with van der Waals surface area (Å²) in [4.78, 5) is 16.7. The Labute approximate surface area is 143 Å². The van der Waals surface area contributed by atoms with Crippen molar-refractivity contribution in [3.05, 3.63) is 52.4 Å². The number of β-amino-alcohol motifs (C(OH)–C–C–N with tert-alkyl or cyclic N) is 1. The van der Waals surface area contributed by atoms with E-state index in [1.54, 1.807) is 24.3 Å². The summed E-state index contributed by atoms with van der Waals surface area (Å²) >= 11 is 0. The molecule has 1 N–H and O–H groups in total. The third-order valence-electron chi connectivity index (χ3n) is 4.77. The molecule has 4 rings (SSSR count). The zero-order valence-electron chi connectivity index (χ0n) is 13.7. The van der Waals surface area contributed by atoms with Crippen molar-refractivity contribution in [3.63, 3.8) is 0 Å². The second-order valence-corrected chi connectivity index (χ2v) is 6.28. The van der Waals surface area contributed by atoms with E-state index in [9.17, 15) is 9.18 Å². The summed E-state index contributed by atoms with van der Waals surface area (Å²) in [7, 11) is 0. The van der Waals surface area contributed by atoms with E-state index in [1.165, 1.54) is 6.07 Å². The van der Waals surface area contributed by atoms with Gasteiger partial charge in [-0.1, -0.05) is 12.1 Å². The smallest absolute Gasteiger partial charge is 0.200 e. The fourth-order valence-electron chi connectivity index (χ4n) is 3.41. The van der Waals surface area contributed by atoms with E-state index in [2.05, 4.69) is 4.90 Å². The Kier molecular flexibility index (Phi) is 4.15. The highest BCUT2D eigenvalue weighted by atomic mass is 19.1. The second kappa shape index (κ2) is 6.46. The Morgan fingerprint density at radius 2 is 1.80 bits per heavy atom. The van der Waals surface area contributed by atoms with Crippen molar-refractivity contribution in [2.75, 3.05) is 44.2 Å². The van der Waals surface area contributed by atoms with E-state index in [4.69, 9.17) is 9.52 Å². The van der Waals surface area contributed by atoms with Crippen LogP contribution in [-0.4, -0.2) is 49.3 Å². The number of nitrogens with zero attached hydrogens (tertiary/aromatic N) is 2. The van der Waals surface area contributed by atoms with Crippen LogP contribution in [0, 0.1) is 5.82 Å². The van der Waals surface area contributed by atoms with Crippen LogP contribution in [0.4, 0.5) is 10.1 Å². The lowest BCUT2D eigenvalue weighted by Gasteiger charge is -2.35. The van der Waals surface area contributed by atoms with Crippen molar-refractivity contribution in [2.45, 2.75) is 0 Å². The number of benzene rings is 2. The number of halogens is 1. The van der Waals surface area contributed by atoms with Gasteiger partial charge in [-0.3, -0.25) is 9.69 Å². The molecule has 25 heavy (non-hydrogen) atoms. The molecule has 1 aliphatic heterocycles. The predicted molar refractivity (Wildman–Crippen MR) is 95.7 cm³/mol. The van der Waals surface area contributed by atoms with E-state index in [-0.39, 0.29) is 17.4 Å². The third-order valence-corrected chi connectivity index (χ3v) is 4.77. The van der Waals surface area contributed by atoms with Gasteiger partial charge in [0.15, 0.2) is 0 Å². The van der Waals surface area contributed by atoms with Crippen molar-refractivity contribution in [1.29, 1.82) is 0 Å². The van der Waals surface area contributed by atoms with Gasteiger partial charge in [-0.15, -0.1) is 0 Å². The molecule has 1 aromatic heterocycles. The summed E-state index contributed by atoms with van der Waals surface area (Å²) < 4.78 is 20.5. The summed E-state index contributed by atoms with van der Waals surface area (Å²) in [6, 6.07) is 9.91. The van der Waals surface area contributed by atoms with E-state index in [0.717, 1.165) is 13.1 Å². The molecule has 0 radical (unpaired) electrons. The lowest BCUT2D eigenvalue weighted by molar-refractivity contribution is 0.188. The molecule has 5 nitrogen and oxygen atoms in total. The maximum Gasteiger partial charge on any atom is 0.200 e. The first-order valence-electron chi connectivity index (χ1n) is 8.40. The lowest BCUT2D eigenvalue weighted by Crippen LogP contribution is -2.47. The average Bonchev–Trinajstić information content (AvgIpc) is 2.63. The van der Waals surface area contributed by atoms with Gasteiger partial charge < -0.3 is 14.4 Å². The molecule has 0 amide bonds. The van der Waals surface area contributed by atoms with Crippen LogP contribution in [0.3, 0.4) is 0 Å². The topological polar surface area (TPSA) is 56.9 Å². The van der Waals surface area contributed by atoms with Crippen LogP contribution in [0.2, 0.25) is 0 Å². The summed E-state index contributed by atoms with van der Waals surface area (Å²) in [6.45, 7) is 3.62. The molecule has 1 fully saturated rings. The van der Waals surface area contributed by atoms with E-state index >= 15 is 0 Å². The Hall–Kier alpha value is -2.44. The number of anilines is 1. The monoisotopic (exact) mass is 342 g/mol. The second-order valence-electron chi connectivity index (χ2n) is 6.28. The molecule has 0 spiro atoms. The van der Waals surface area contributed by atoms with Crippen LogP contribution in [0.15, 0.2) is 45.6 Å². The summed E-state index contributed by atoms with van der Waals surface area (Å²) in [6.07, 6.45) is 0. The number of hydrogen-bond donors (Lipinski definition) is 1. The molecule has 0 bridgehead atoms. The molecule has 0 aliphatic carbocycles. The van der Waals surface area contributed by atoms with E-state index < -0.39 is 5.82 Å². The summed E-state index contributed by atoms with van der Waals surface area (Å²) in [5.74, 6) is -0.411. The van der Waals surface area contributed by atoms with Gasteiger partial charge in [0, 0.05) is 38.8 Å². The van der Waals surface area contributed by atoms with Crippen LogP contribution in [0.5, 0.6) is 0 Å². The molecule has 2 aromatic carbocycles. The van der Waals surface area contributed by atoms with Crippen LogP contribution in [0.1, 0.15) is 0 Å². The first kappa shape index (κ1) is 16.1. The van der Waals surface area contributed by atoms with Crippen molar-refractivity contribution < 1.29 is 13.9 Å². The quantitative estimate of drug-likeness (QED) is 0.740. The SMILES string of the molecule is O=c1c2ccccc2oc2cc(N3CCN(CCO)CC3)c(F)cc12. The molecular weight excluding hydrogens is 323 g/mol. The van der Waals surface area contributed by atoms with Crippen molar-refractivity contribution in [2.24, 2.45) is 0 Å². The molecule has 2 heterocycles. The molecule has 130 valence electrons. The highest BCUT2D eigenvalue weighted by Crippen LogP contribution is 2.27. The average molecular weight is 342 g/mol. The first-order chi connectivity index (χ1) is 12.2. The maximum absolute atomic E-state index is 14.7. The number of piperazine rings is 1. The number of fused-ring (bicyclic) bond motifs is 2. The van der Waals surface area contributed by atoms with Gasteiger partial charge in [-0.2, -0.15) is 0 Å². The van der Waals surface area contributed by atoms with Crippen LogP contribution >= 0.6 is 0 Å². The molecule has 1 aliphatic rings. The zero-order chi connectivity index (χ0) is 17.4.